The first-order valence-corrected chi connectivity index (χ1v) is 7.56. The third kappa shape index (κ3) is 5.98. The smallest absolute Gasteiger partial charge is 0.302 e. The first kappa shape index (κ1) is 20.3. The van der Waals surface area contributed by atoms with Crippen molar-refractivity contribution in [2.24, 2.45) is 0 Å². The first-order valence-electron chi connectivity index (χ1n) is 7.56. The Morgan fingerprint density at radius 3 is 2.13 bits per heavy atom. The minimum atomic E-state index is -0.617. The van der Waals surface area contributed by atoms with Gasteiger partial charge in [-0.2, -0.15) is 0 Å². The lowest BCUT2D eigenvalue weighted by molar-refractivity contribution is -0.313. The van der Waals surface area contributed by atoms with Crippen LogP contribution in [0.15, 0.2) is 0 Å². The number of methoxy groups -OCH3 is 4. The second-order valence-electron chi connectivity index (χ2n) is 5.16. The van der Waals surface area contributed by atoms with E-state index in [9.17, 15) is 4.79 Å². The minimum absolute atomic E-state index is 0.301. The van der Waals surface area contributed by atoms with Gasteiger partial charge in [-0.1, -0.05) is 0 Å². The van der Waals surface area contributed by atoms with Crippen molar-refractivity contribution in [3.05, 3.63) is 0 Å². The van der Waals surface area contributed by atoms with Gasteiger partial charge in [0.2, 0.25) is 0 Å². The molecule has 0 aromatic rings. The summed E-state index contributed by atoms with van der Waals surface area (Å²) in [5, 5.41) is 0. The maximum absolute atomic E-state index is 10.7. The predicted molar refractivity (Wildman–Crippen MR) is 80.1 cm³/mol. The fraction of sp³-hybridized carbons (Fsp3) is 0.933. The maximum Gasteiger partial charge on any atom is 0.302 e. The molecule has 0 aromatic carbocycles. The van der Waals surface area contributed by atoms with Crippen LogP contribution >= 0.6 is 0 Å². The third-order valence-corrected chi connectivity index (χ3v) is 3.61. The van der Waals surface area contributed by atoms with Gasteiger partial charge in [0.05, 0.1) is 19.8 Å². The Balaban J connectivity index is 2.62. The Labute approximate surface area is 137 Å². The number of rotatable bonds is 10. The van der Waals surface area contributed by atoms with Crippen LogP contribution in [0.4, 0.5) is 0 Å². The van der Waals surface area contributed by atoms with Gasteiger partial charge in [0.15, 0.2) is 6.29 Å². The lowest BCUT2D eigenvalue weighted by Gasteiger charge is -2.44. The van der Waals surface area contributed by atoms with Crippen LogP contribution in [0.3, 0.4) is 0 Å². The summed E-state index contributed by atoms with van der Waals surface area (Å²) >= 11 is 0. The molecule has 5 atom stereocenters. The molecule has 136 valence electrons. The second kappa shape index (κ2) is 10.9. The highest BCUT2D eigenvalue weighted by molar-refractivity contribution is 5.65. The SMILES string of the molecule is COC[C@H]1O[C@@H](OCCCOC(C)=O)[C@@H](OC)[C@@H](OC)[C@@H]1OC. The average Bonchev–Trinajstić information content (AvgIpc) is 2.53. The molecule has 1 heterocycles. The van der Waals surface area contributed by atoms with E-state index in [1.165, 1.54) is 6.92 Å². The molecule has 8 nitrogen and oxygen atoms in total. The highest BCUT2D eigenvalue weighted by Crippen LogP contribution is 2.28. The molecule has 1 fully saturated rings. The van der Waals surface area contributed by atoms with Gasteiger partial charge in [-0.15, -0.1) is 0 Å². The summed E-state index contributed by atoms with van der Waals surface area (Å²) in [6.07, 6.45) is -1.50. The maximum atomic E-state index is 10.7. The number of carbonyl (C=O) groups excluding carboxylic acids is 1. The minimum Gasteiger partial charge on any atom is -0.466 e. The van der Waals surface area contributed by atoms with Crippen molar-refractivity contribution in [1.29, 1.82) is 0 Å². The quantitative estimate of drug-likeness (QED) is 0.418. The number of esters is 1. The van der Waals surface area contributed by atoms with Crippen molar-refractivity contribution in [2.75, 3.05) is 48.3 Å². The van der Waals surface area contributed by atoms with Gasteiger partial charge in [-0.05, 0) is 0 Å². The van der Waals surface area contributed by atoms with Gasteiger partial charge in [0, 0.05) is 41.8 Å². The van der Waals surface area contributed by atoms with Gasteiger partial charge >= 0.3 is 5.97 Å². The van der Waals surface area contributed by atoms with Crippen LogP contribution in [0.25, 0.3) is 0 Å². The van der Waals surface area contributed by atoms with Crippen molar-refractivity contribution < 1.29 is 38.0 Å². The molecule has 1 rings (SSSR count). The van der Waals surface area contributed by atoms with Gasteiger partial charge in [-0.25, -0.2) is 0 Å². The van der Waals surface area contributed by atoms with E-state index in [1.54, 1.807) is 28.4 Å². The summed E-state index contributed by atoms with van der Waals surface area (Å²) < 4.78 is 38.2. The fourth-order valence-electron chi connectivity index (χ4n) is 2.59. The normalized spacial score (nSPS) is 31.1. The van der Waals surface area contributed by atoms with Gasteiger partial charge in [0.25, 0.3) is 0 Å². The standard InChI is InChI=1S/C15H28O8/c1-10(16)21-7-6-8-22-15-14(20-5)13(19-4)12(18-3)11(23-15)9-17-2/h11-15H,6-9H2,1-5H3/t11-,12-,13+,14+,15-/m1/s1. The Hall–Kier alpha value is -0.770. The lowest BCUT2D eigenvalue weighted by atomic mass is 9.98. The van der Waals surface area contributed by atoms with Crippen molar-refractivity contribution in [3.63, 3.8) is 0 Å². The molecule has 0 spiro atoms. The molecule has 1 aliphatic rings. The van der Waals surface area contributed by atoms with Crippen LogP contribution in [0, 0.1) is 0 Å². The zero-order valence-electron chi connectivity index (χ0n) is 14.5. The van der Waals surface area contributed by atoms with Crippen molar-refractivity contribution in [3.8, 4) is 0 Å². The summed E-state index contributed by atoms with van der Waals surface area (Å²) in [5.74, 6) is -0.309. The lowest BCUT2D eigenvalue weighted by Crippen LogP contribution is -2.61. The second-order valence-corrected chi connectivity index (χ2v) is 5.16. The summed E-state index contributed by atoms with van der Waals surface area (Å²) in [5.41, 5.74) is 0. The molecule has 1 aliphatic heterocycles. The molecule has 0 aliphatic carbocycles. The monoisotopic (exact) mass is 336 g/mol. The van der Waals surface area contributed by atoms with E-state index in [-0.39, 0.29) is 24.3 Å². The molecule has 0 unspecified atom stereocenters. The highest BCUT2D eigenvalue weighted by atomic mass is 16.7. The van der Waals surface area contributed by atoms with Crippen LogP contribution in [0.5, 0.6) is 0 Å². The average molecular weight is 336 g/mol. The molecule has 1 saturated heterocycles. The van der Waals surface area contributed by atoms with Gasteiger partial charge < -0.3 is 33.2 Å². The fourth-order valence-corrected chi connectivity index (χ4v) is 2.59. The Kier molecular flexibility index (Phi) is 9.61. The van der Waals surface area contributed by atoms with E-state index in [2.05, 4.69) is 0 Å². The summed E-state index contributed by atoms with van der Waals surface area (Å²) in [6.45, 7) is 2.39. The number of carbonyl (C=O) groups is 1. The van der Waals surface area contributed by atoms with E-state index >= 15 is 0 Å². The Morgan fingerprint density at radius 2 is 1.61 bits per heavy atom. The molecule has 0 N–H and O–H groups in total. The van der Waals surface area contributed by atoms with Crippen molar-refractivity contribution in [2.45, 2.75) is 44.1 Å². The van der Waals surface area contributed by atoms with Crippen molar-refractivity contribution in [1.82, 2.24) is 0 Å². The molecule has 0 aromatic heterocycles. The van der Waals surface area contributed by atoms with Gasteiger partial charge in [0.1, 0.15) is 24.4 Å². The van der Waals surface area contributed by atoms with Crippen LogP contribution in [-0.2, 0) is 38.0 Å². The Morgan fingerprint density at radius 1 is 0.957 bits per heavy atom. The van der Waals surface area contributed by atoms with Crippen molar-refractivity contribution >= 4 is 5.97 Å². The van der Waals surface area contributed by atoms with E-state index in [0.717, 1.165) is 0 Å². The largest absolute Gasteiger partial charge is 0.466 e. The molecule has 0 amide bonds. The molecule has 0 saturated carbocycles. The van der Waals surface area contributed by atoms with Gasteiger partial charge in [-0.3, -0.25) is 4.79 Å². The zero-order chi connectivity index (χ0) is 17.2. The topological polar surface area (TPSA) is 81.7 Å². The van der Waals surface area contributed by atoms with E-state index < -0.39 is 12.4 Å². The Bertz CT molecular complexity index is 337. The summed E-state index contributed by atoms with van der Waals surface area (Å²) in [4.78, 5) is 10.7. The van der Waals surface area contributed by atoms with E-state index in [0.29, 0.717) is 26.2 Å². The van der Waals surface area contributed by atoms with Crippen LogP contribution in [0.2, 0.25) is 0 Å². The van der Waals surface area contributed by atoms with Crippen LogP contribution in [0.1, 0.15) is 13.3 Å². The highest BCUT2D eigenvalue weighted by Gasteiger charge is 2.47. The molecular weight excluding hydrogens is 308 g/mol. The number of hydrogen-bond acceptors (Lipinski definition) is 8. The number of hydrogen-bond donors (Lipinski definition) is 0. The zero-order valence-corrected chi connectivity index (χ0v) is 14.5. The molecule has 8 heteroatoms. The molecule has 0 bridgehead atoms. The molecule has 0 radical (unpaired) electrons. The van der Waals surface area contributed by atoms with E-state index in [1.807, 2.05) is 0 Å². The molecule has 23 heavy (non-hydrogen) atoms. The van der Waals surface area contributed by atoms with E-state index in [4.69, 9.17) is 33.2 Å². The third-order valence-electron chi connectivity index (χ3n) is 3.61. The predicted octanol–water partition coefficient (Wildman–Crippen LogP) is 0.373. The summed E-state index contributed by atoms with van der Waals surface area (Å²) in [7, 11) is 6.35. The van der Waals surface area contributed by atoms with Crippen LogP contribution < -0.4 is 0 Å². The van der Waals surface area contributed by atoms with Crippen LogP contribution in [-0.4, -0.2) is 84.9 Å². The molecular formula is C15H28O8. The first-order chi connectivity index (χ1) is 11.1. The number of ether oxygens (including phenoxy) is 7. The summed E-state index contributed by atoms with van der Waals surface area (Å²) in [6, 6.07) is 0.